The third-order valence-corrected chi connectivity index (χ3v) is 5.90. The van der Waals surface area contributed by atoms with E-state index in [0.29, 0.717) is 12.1 Å². The van der Waals surface area contributed by atoms with E-state index in [0.717, 1.165) is 5.57 Å². The van der Waals surface area contributed by atoms with Crippen molar-refractivity contribution in [3.63, 3.8) is 0 Å². The molecule has 1 fully saturated rings. The monoisotopic (exact) mass is 405 g/mol. The molecular formula is C16H24NO9P. The second-order valence-corrected chi connectivity index (χ2v) is 8.17. The van der Waals surface area contributed by atoms with E-state index in [9.17, 15) is 24.5 Å². The first-order valence-corrected chi connectivity index (χ1v) is 10.1. The number of phosphoric acid groups is 1. The van der Waals surface area contributed by atoms with Gasteiger partial charge in [0.2, 0.25) is 5.60 Å². The van der Waals surface area contributed by atoms with E-state index >= 15 is 0 Å². The summed E-state index contributed by atoms with van der Waals surface area (Å²) >= 11 is 0. The topological polar surface area (TPSA) is 135 Å². The Balaban J connectivity index is 1.78. The van der Waals surface area contributed by atoms with E-state index in [1.54, 1.807) is 19.2 Å². The highest BCUT2D eigenvalue weighted by molar-refractivity contribution is 7.47. The number of hydrogen-bond donors (Lipinski definition) is 3. The van der Waals surface area contributed by atoms with Crippen molar-refractivity contribution in [1.29, 1.82) is 0 Å². The molecule has 3 rings (SSSR count). The Kier molecular flexibility index (Phi) is 5.79. The number of ether oxygens (including phenoxy) is 2. The molecule has 0 aromatic rings. The fourth-order valence-corrected chi connectivity index (χ4v) is 4.46. The summed E-state index contributed by atoms with van der Waals surface area (Å²) in [7, 11) is -2.86. The first kappa shape index (κ1) is 20.5. The third kappa shape index (κ3) is 3.97. The molecule has 5 atom stereocenters. The van der Waals surface area contributed by atoms with Crippen LogP contribution in [-0.4, -0.2) is 83.3 Å². The minimum Gasteiger partial charge on any atom is -0.459 e. The van der Waals surface area contributed by atoms with Crippen molar-refractivity contribution in [2.24, 2.45) is 0 Å². The number of nitrogens with zero attached hydrogens (tertiary/aromatic N) is 1. The van der Waals surface area contributed by atoms with Gasteiger partial charge in [0.1, 0.15) is 24.9 Å². The highest BCUT2D eigenvalue weighted by Crippen LogP contribution is 2.52. The van der Waals surface area contributed by atoms with E-state index < -0.39 is 44.3 Å². The lowest BCUT2D eigenvalue weighted by Gasteiger charge is -2.39. The fourth-order valence-electron chi connectivity index (χ4n) is 3.37. The van der Waals surface area contributed by atoms with Gasteiger partial charge in [-0.15, -0.1) is 0 Å². The summed E-state index contributed by atoms with van der Waals surface area (Å²) < 4.78 is 33.1. The Morgan fingerprint density at radius 2 is 2.19 bits per heavy atom. The minimum atomic E-state index is -4.71. The van der Waals surface area contributed by atoms with Crippen LogP contribution in [0.4, 0.5) is 0 Å². The van der Waals surface area contributed by atoms with Gasteiger partial charge in [-0.1, -0.05) is 6.92 Å². The standard InChI is InChI=1S/C16H24NO9P/c1-3-16(11-4-5-17(2)6-10(11)7-24-15(16)20)26-27(21,22)25-9-13-14(19)12(18)8-23-13/h4-5,12-14,18-19H,3,6-9H2,1-2H3,(H,21,22). The van der Waals surface area contributed by atoms with Gasteiger partial charge in [0.15, 0.2) is 0 Å². The summed E-state index contributed by atoms with van der Waals surface area (Å²) in [5.74, 6) is -0.761. The van der Waals surface area contributed by atoms with Crippen LogP contribution in [0.5, 0.6) is 0 Å². The van der Waals surface area contributed by atoms with Crippen molar-refractivity contribution in [1.82, 2.24) is 4.90 Å². The number of rotatable bonds is 6. The highest BCUT2D eigenvalue weighted by Gasteiger charge is 2.52. The molecule has 0 aromatic heterocycles. The van der Waals surface area contributed by atoms with Crippen LogP contribution in [0.2, 0.25) is 0 Å². The highest BCUT2D eigenvalue weighted by atomic mass is 31.2. The molecule has 1 saturated heterocycles. The van der Waals surface area contributed by atoms with E-state index in [1.165, 1.54) is 0 Å². The Hall–Kier alpha value is -1.26. The van der Waals surface area contributed by atoms with Gasteiger partial charge in [0.25, 0.3) is 0 Å². The van der Waals surface area contributed by atoms with Crippen LogP contribution in [0.1, 0.15) is 13.3 Å². The lowest BCUT2D eigenvalue weighted by Crippen LogP contribution is -2.49. The number of aliphatic hydroxyl groups excluding tert-OH is 2. The summed E-state index contributed by atoms with van der Waals surface area (Å²) in [5.41, 5.74) is -0.492. The third-order valence-electron chi connectivity index (χ3n) is 4.89. The molecule has 3 heterocycles. The molecule has 0 radical (unpaired) electrons. The van der Waals surface area contributed by atoms with Gasteiger partial charge in [0, 0.05) is 19.2 Å². The van der Waals surface area contributed by atoms with Crippen LogP contribution in [-0.2, 0) is 27.9 Å². The van der Waals surface area contributed by atoms with Crippen LogP contribution in [0.3, 0.4) is 0 Å². The molecule has 0 aromatic carbocycles. The van der Waals surface area contributed by atoms with Crippen molar-refractivity contribution in [2.45, 2.75) is 37.3 Å². The maximum atomic E-state index is 12.5. The van der Waals surface area contributed by atoms with Crippen LogP contribution in [0.25, 0.3) is 0 Å². The van der Waals surface area contributed by atoms with E-state index in [1.807, 2.05) is 11.9 Å². The van der Waals surface area contributed by atoms with Gasteiger partial charge in [-0.2, -0.15) is 0 Å². The van der Waals surface area contributed by atoms with Crippen molar-refractivity contribution in [3.8, 4) is 0 Å². The average Bonchev–Trinajstić information content (AvgIpc) is 2.94. The Morgan fingerprint density at radius 3 is 2.81 bits per heavy atom. The van der Waals surface area contributed by atoms with E-state index in [4.69, 9.17) is 18.5 Å². The van der Waals surface area contributed by atoms with Crippen molar-refractivity contribution < 1.29 is 43.0 Å². The molecule has 0 aliphatic carbocycles. The lowest BCUT2D eigenvalue weighted by molar-refractivity contribution is -0.162. The number of carbonyl (C=O) groups is 1. The van der Waals surface area contributed by atoms with Crippen molar-refractivity contribution in [3.05, 3.63) is 23.4 Å². The SMILES string of the molecule is CCC1(OP(=O)(O)OCC2OCC(O)C2O)C(=O)OCC2=C1C=CN(C)C2. The van der Waals surface area contributed by atoms with Crippen LogP contribution >= 0.6 is 7.82 Å². The second kappa shape index (κ2) is 7.63. The predicted molar refractivity (Wildman–Crippen MR) is 91.4 cm³/mol. The largest absolute Gasteiger partial charge is 0.473 e. The molecule has 0 bridgehead atoms. The lowest BCUT2D eigenvalue weighted by atomic mass is 9.84. The number of phosphoric ester groups is 1. The molecule has 0 amide bonds. The summed E-state index contributed by atoms with van der Waals surface area (Å²) in [6.07, 6.45) is 0.175. The maximum Gasteiger partial charge on any atom is 0.473 e. The summed E-state index contributed by atoms with van der Waals surface area (Å²) in [5, 5.41) is 19.2. The van der Waals surface area contributed by atoms with Gasteiger partial charge in [-0.25, -0.2) is 9.36 Å². The molecule has 27 heavy (non-hydrogen) atoms. The quantitative estimate of drug-likeness (QED) is 0.399. The summed E-state index contributed by atoms with van der Waals surface area (Å²) in [4.78, 5) is 24.6. The second-order valence-electron chi connectivity index (χ2n) is 6.79. The molecule has 3 N–H and O–H groups in total. The number of esters is 1. The first-order chi connectivity index (χ1) is 12.7. The number of hydrogen-bond acceptors (Lipinski definition) is 9. The molecular weight excluding hydrogens is 381 g/mol. The molecule has 0 spiro atoms. The molecule has 11 heteroatoms. The van der Waals surface area contributed by atoms with E-state index in [2.05, 4.69) is 0 Å². The average molecular weight is 405 g/mol. The number of likely N-dealkylation sites (N-methyl/N-ethyl adjacent to an activating group) is 1. The van der Waals surface area contributed by atoms with Gasteiger partial charge < -0.3 is 29.5 Å². The maximum absolute atomic E-state index is 12.5. The molecule has 3 aliphatic heterocycles. The Bertz CT molecular complexity index is 708. The van der Waals surface area contributed by atoms with Gasteiger partial charge in [-0.3, -0.25) is 9.05 Å². The van der Waals surface area contributed by atoms with E-state index in [-0.39, 0.29) is 19.6 Å². The van der Waals surface area contributed by atoms with Crippen molar-refractivity contribution in [2.75, 3.05) is 33.4 Å². The summed E-state index contributed by atoms with van der Waals surface area (Å²) in [6.45, 7) is 1.64. The Morgan fingerprint density at radius 1 is 1.44 bits per heavy atom. The van der Waals surface area contributed by atoms with Crippen LogP contribution < -0.4 is 0 Å². The summed E-state index contributed by atoms with van der Waals surface area (Å²) in [6, 6.07) is 0. The van der Waals surface area contributed by atoms with Gasteiger partial charge >= 0.3 is 13.8 Å². The first-order valence-electron chi connectivity index (χ1n) is 8.62. The predicted octanol–water partition coefficient (Wildman–Crippen LogP) is -0.298. The molecule has 10 nitrogen and oxygen atoms in total. The zero-order valence-corrected chi connectivity index (χ0v) is 16.0. The number of aliphatic hydroxyl groups is 2. The molecule has 0 saturated carbocycles. The number of cyclic esters (lactones) is 1. The van der Waals surface area contributed by atoms with Crippen molar-refractivity contribution >= 4 is 13.8 Å². The van der Waals surface area contributed by atoms with Gasteiger partial charge in [-0.05, 0) is 24.3 Å². The number of carbonyl (C=O) groups excluding carboxylic acids is 1. The molecule has 5 unspecified atom stereocenters. The minimum absolute atomic E-state index is 0.0634. The zero-order chi connectivity index (χ0) is 19.8. The van der Waals surface area contributed by atoms with Crippen LogP contribution in [0.15, 0.2) is 23.4 Å². The van der Waals surface area contributed by atoms with Crippen LogP contribution in [0, 0.1) is 0 Å². The smallest absolute Gasteiger partial charge is 0.459 e. The molecule has 3 aliphatic rings. The fraction of sp³-hybridized carbons (Fsp3) is 0.688. The normalized spacial score (nSPS) is 35.8. The Labute approximate surface area is 156 Å². The van der Waals surface area contributed by atoms with Gasteiger partial charge in [0.05, 0.1) is 13.2 Å². The molecule has 152 valence electrons. The zero-order valence-electron chi connectivity index (χ0n) is 15.1.